The third-order valence-electron chi connectivity index (χ3n) is 4.00. The van der Waals surface area contributed by atoms with Gasteiger partial charge in [0.05, 0.1) is 12.4 Å². The van der Waals surface area contributed by atoms with E-state index in [0.717, 1.165) is 11.3 Å². The van der Waals surface area contributed by atoms with Crippen molar-refractivity contribution >= 4 is 21.6 Å². The van der Waals surface area contributed by atoms with Gasteiger partial charge in [0, 0.05) is 17.6 Å². The van der Waals surface area contributed by atoms with E-state index in [1.807, 2.05) is 50.2 Å². The minimum absolute atomic E-state index is 0.0910. The highest BCUT2D eigenvalue weighted by Gasteiger charge is 2.19. The number of hydrogen-bond acceptors (Lipinski definition) is 4. The molecule has 26 heavy (non-hydrogen) atoms. The molecule has 0 amide bonds. The molecule has 0 spiro atoms. The van der Waals surface area contributed by atoms with Crippen molar-refractivity contribution in [1.82, 2.24) is 9.62 Å². The van der Waals surface area contributed by atoms with Gasteiger partial charge in [0.15, 0.2) is 0 Å². The monoisotopic (exact) mass is 396 g/mol. The van der Waals surface area contributed by atoms with Crippen LogP contribution in [0.3, 0.4) is 0 Å². The number of hydrogen-bond donors (Lipinski definition) is 1. The van der Waals surface area contributed by atoms with Crippen LogP contribution in [0.2, 0.25) is 5.02 Å². The van der Waals surface area contributed by atoms with Crippen LogP contribution in [0.15, 0.2) is 48.5 Å². The molecule has 142 valence electrons. The number of nitrogens with one attached hydrogen (secondary N) is 1. The fraction of sp³-hybridized carbons (Fsp3) is 0.368. The van der Waals surface area contributed by atoms with Gasteiger partial charge >= 0.3 is 0 Å². The zero-order valence-corrected chi connectivity index (χ0v) is 16.8. The number of likely N-dealkylation sites (N-methyl/N-ethyl adjacent to an activating group) is 1. The Hall–Kier alpha value is -1.60. The van der Waals surface area contributed by atoms with Crippen molar-refractivity contribution < 1.29 is 13.2 Å². The largest absolute Gasteiger partial charge is 0.494 e. The van der Waals surface area contributed by atoms with Gasteiger partial charge in [-0.05, 0) is 50.3 Å². The van der Waals surface area contributed by atoms with Crippen LogP contribution < -0.4 is 9.46 Å². The number of halogens is 1. The molecule has 2 rings (SSSR count). The van der Waals surface area contributed by atoms with Gasteiger partial charge in [0.25, 0.3) is 0 Å². The van der Waals surface area contributed by atoms with Gasteiger partial charge in [-0.15, -0.1) is 0 Å². The predicted molar refractivity (Wildman–Crippen MR) is 106 cm³/mol. The van der Waals surface area contributed by atoms with E-state index < -0.39 is 10.0 Å². The molecule has 2 aromatic rings. The molecule has 0 aliphatic heterocycles. The summed E-state index contributed by atoms with van der Waals surface area (Å²) in [5.41, 5.74) is 1.60. The second-order valence-electron chi connectivity index (χ2n) is 6.18. The van der Waals surface area contributed by atoms with Crippen LogP contribution in [0, 0.1) is 0 Å². The highest BCUT2D eigenvalue weighted by molar-refractivity contribution is 7.88. The van der Waals surface area contributed by atoms with Crippen LogP contribution in [0.1, 0.15) is 24.1 Å². The van der Waals surface area contributed by atoms with Crippen LogP contribution in [0.5, 0.6) is 5.75 Å². The summed E-state index contributed by atoms with van der Waals surface area (Å²) in [6.45, 7) is 2.82. The Morgan fingerprint density at radius 3 is 2.35 bits per heavy atom. The second-order valence-corrected chi connectivity index (χ2v) is 8.39. The first-order valence-electron chi connectivity index (χ1n) is 8.42. The van der Waals surface area contributed by atoms with Crippen molar-refractivity contribution in [3.8, 4) is 5.75 Å². The van der Waals surface area contributed by atoms with Gasteiger partial charge in [-0.2, -0.15) is 0 Å². The third-order valence-corrected chi connectivity index (χ3v) is 5.67. The predicted octanol–water partition coefficient (Wildman–Crippen LogP) is 3.46. The number of sulfonamides is 1. The summed E-state index contributed by atoms with van der Waals surface area (Å²) >= 11 is 6.07. The number of ether oxygens (including phenoxy) is 1. The lowest BCUT2D eigenvalue weighted by Gasteiger charge is -2.25. The average Bonchev–Trinajstić information content (AvgIpc) is 2.58. The molecule has 7 heteroatoms. The molecule has 0 saturated carbocycles. The van der Waals surface area contributed by atoms with Gasteiger partial charge in [-0.3, -0.25) is 0 Å². The Bertz CT molecular complexity index is 808. The molecule has 0 aromatic heterocycles. The first kappa shape index (κ1) is 20.7. The summed E-state index contributed by atoms with van der Waals surface area (Å²) in [5.74, 6) is 0.656. The van der Waals surface area contributed by atoms with Gasteiger partial charge < -0.3 is 9.64 Å². The molecule has 1 atom stereocenters. The molecule has 0 radical (unpaired) electrons. The Morgan fingerprint density at radius 2 is 1.77 bits per heavy atom. The SMILES string of the molecule is CCOc1ccc(C(CNS(=O)(=O)Cc2ccccc2Cl)N(C)C)cc1. The fourth-order valence-electron chi connectivity index (χ4n) is 2.63. The second kappa shape index (κ2) is 9.37. The molecule has 2 aromatic carbocycles. The van der Waals surface area contributed by atoms with Crippen LogP contribution >= 0.6 is 11.6 Å². The van der Waals surface area contributed by atoms with E-state index in [-0.39, 0.29) is 18.3 Å². The number of rotatable bonds is 9. The van der Waals surface area contributed by atoms with Crippen molar-refractivity contribution in [2.24, 2.45) is 0 Å². The fourth-order valence-corrected chi connectivity index (χ4v) is 4.09. The van der Waals surface area contributed by atoms with Gasteiger partial charge in [-0.25, -0.2) is 13.1 Å². The Labute approximate surface area is 161 Å². The molecule has 0 aliphatic rings. The maximum atomic E-state index is 12.4. The number of benzene rings is 2. The van der Waals surface area contributed by atoms with Crippen LogP contribution in [0.25, 0.3) is 0 Å². The lowest BCUT2D eigenvalue weighted by Crippen LogP contribution is -2.35. The Morgan fingerprint density at radius 1 is 1.12 bits per heavy atom. The van der Waals surface area contributed by atoms with Crippen molar-refractivity contribution in [3.05, 3.63) is 64.7 Å². The lowest BCUT2D eigenvalue weighted by molar-refractivity contribution is 0.298. The summed E-state index contributed by atoms with van der Waals surface area (Å²) in [7, 11) is 0.344. The molecular weight excluding hydrogens is 372 g/mol. The van der Waals surface area contributed by atoms with E-state index in [0.29, 0.717) is 17.2 Å². The van der Waals surface area contributed by atoms with Crippen molar-refractivity contribution in [1.29, 1.82) is 0 Å². The minimum Gasteiger partial charge on any atom is -0.494 e. The topological polar surface area (TPSA) is 58.6 Å². The molecule has 0 saturated heterocycles. The van der Waals surface area contributed by atoms with Crippen LogP contribution in [-0.4, -0.2) is 40.6 Å². The molecule has 0 fully saturated rings. The van der Waals surface area contributed by atoms with Crippen molar-refractivity contribution in [2.75, 3.05) is 27.2 Å². The highest BCUT2D eigenvalue weighted by atomic mass is 35.5. The van der Waals surface area contributed by atoms with E-state index in [1.165, 1.54) is 0 Å². The first-order chi connectivity index (χ1) is 12.3. The third kappa shape index (κ3) is 5.99. The summed E-state index contributed by atoms with van der Waals surface area (Å²) in [5, 5.41) is 0.452. The maximum absolute atomic E-state index is 12.4. The molecule has 0 aliphatic carbocycles. The Kier molecular flexibility index (Phi) is 7.46. The molecule has 5 nitrogen and oxygen atoms in total. The van der Waals surface area contributed by atoms with E-state index in [4.69, 9.17) is 16.3 Å². The summed E-state index contributed by atoms with van der Waals surface area (Å²) in [4.78, 5) is 1.98. The molecule has 0 bridgehead atoms. The van der Waals surface area contributed by atoms with Crippen molar-refractivity contribution in [3.63, 3.8) is 0 Å². The number of nitrogens with zero attached hydrogens (tertiary/aromatic N) is 1. The molecule has 1 N–H and O–H groups in total. The zero-order valence-electron chi connectivity index (χ0n) is 15.3. The van der Waals surface area contributed by atoms with E-state index >= 15 is 0 Å². The average molecular weight is 397 g/mol. The maximum Gasteiger partial charge on any atom is 0.215 e. The van der Waals surface area contributed by atoms with Crippen molar-refractivity contribution in [2.45, 2.75) is 18.7 Å². The van der Waals surface area contributed by atoms with Crippen LogP contribution in [-0.2, 0) is 15.8 Å². The molecule has 1 unspecified atom stereocenters. The summed E-state index contributed by atoms with van der Waals surface area (Å²) < 4.78 is 33.0. The Balaban J connectivity index is 2.06. The standard InChI is InChI=1S/C19H25ClN2O3S/c1-4-25-17-11-9-15(10-12-17)19(22(2)3)13-21-26(23,24)14-16-7-5-6-8-18(16)20/h5-12,19,21H,4,13-14H2,1-3H3. The normalized spacial score (nSPS) is 13.0. The molecule has 0 heterocycles. The van der Waals surface area contributed by atoms with Gasteiger partial charge in [0.1, 0.15) is 5.75 Å². The van der Waals surface area contributed by atoms with Gasteiger partial charge in [-0.1, -0.05) is 41.9 Å². The summed E-state index contributed by atoms with van der Waals surface area (Å²) in [6, 6.07) is 14.6. The molecular formula is C19H25ClN2O3S. The first-order valence-corrected chi connectivity index (χ1v) is 10.5. The quantitative estimate of drug-likeness (QED) is 0.705. The highest BCUT2D eigenvalue weighted by Crippen LogP contribution is 2.22. The zero-order chi connectivity index (χ0) is 19.2. The van der Waals surface area contributed by atoms with E-state index in [9.17, 15) is 8.42 Å². The summed E-state index contributed by atoms with van der Waals surface area (Å²) in [6.07, 6.45) is 0. The van der Waals surface area contributed by atoms with Crippen LogP contribution in [0.4, 0.5) is 0 Å². The van der Waals surface area contributed by atoms with Gasteiger partial charge in [0.2, 0.25) is 10.0 Å². The van der Waals surface area contributed by atoms with E-state index in [2.05, 4.69) is 4.72 Å². The minimum atomic E-state index is -3.50. The smallest absolute Gasteiger partial charge is 0.215 e. The van der Waals surface area contributed by atoms with E-state index in [1.54, 1.807) is 24.3 Å². The lowest BCUT2D eigenvalue weighted by atomic mass is 10.1.